The number of ether oxygens (including phenoxy) is 1. The number of carbonyl (C=O) groups is 1. The van der Waals surface area contributed by atoms with Crippen molar-refractivity contribution in [1.82, 2.24) is 5.32 Å². The first-order valence-electron chi connectivity index (χ1n) is 6.24. The van der Waals surface area contributed by atoms with Gasteiger partial charge in [-0.05, 0) is 30.5 Å². The Morgan fingerprint density at radius 1 is 1.37 bits per heavy atom. The second-order valence-electron chi connectivity index (χ2n) is 4.86. The SMILES string of the molecule is CC(C)COc1cccc(CNC(=O)[C@@H](C)N)c1.Cl. The van der Waals surface area contributed by atoms with Crippen LogP contribution in [0, 0.1) is 5.92 Å². The maximum atomic E-state index is 11.3. The van der Waals surface area contributed by atoms with Gasteiger partial charge in [-0.2, -0.15) is 0 Å². The molecule has 3 N–H and O–H groups in total. The first-order chi connectivity index (χ1) is 8.49. The van der Waals surface area contributed by atoms with E-state index in [2.05, 4.69) is 19.2 Å². The van der Waals surface area contributed by atoms with Crippen LogP contribution in [0.4, 0.5) is 0 Å². The van der Waals surface area contributed by atoms with Gasteiger partial charge in [0.05, 0.1) is 12.6 Å². The minimum absolute atomic E-state index is 0. The topological polar surface area (TPSA) is 64.3 Å². The van der Waals surface area contributed by atoms with Crippen LogP contribution in [0.25, 0.3) is 0 Å². The Morgan fingerprint density at radius 2 is 2.05 bits per heavy atom. The zero-order chi connectivity index (χ0) is 13.5. The summed E-state index contributed by atoms with van der Waals surface area (Å²) in [6, 6.07) is 7.24. The minimum Gasteiger partial charge on any atom is -0.493 e. The lowest BCUT2D eigenvalue weighted by atomic mass is 10.2. The van der Waals surface area contributed by atoms with Crippen LogP contribution in [0.15, 0.2) is 24.3 Å². The van der Waals surface area contributed by atoms with E-state index in [-0.39, 0.29) is 18.3 Å². The largest absolute Gasteiger partial charge is 0.493 e. The highest BCUT2D eigenvalue weighted by Crippen LogP contribution is 2.14. The maximum Gasteiger partial charge on any atom is 0.236 e. The summed E-state index contributed by atoms with van der Waals surface area (Å²) in [5, 5.41) is 2.77. The van der Waals surface area contributed by atoms with Crippen molar-refractivity contribution in [2.24, 2.45) is 11.7 Å². The smallest absolute Gasteiger partial charge is 0.236 e. The number of halogens is 1. The van der Waals surface area contributed by atoms with Gasteiger partial charge in [0.25, 0.3) is 0 Å². The van der Waals surface area contributed by atoms with Crippen molar-refractivity contribution in [3.05, 3.63) is 29.8 Å². The van der Waals surface area contributed by atoms with E-state index in [1.807, 2.05) is 24.3 Å². The van der Waals surface area contributed by atoms with Gasteiger partial charge in [0.2, 0.25) is 5.91 Å². The standard InChI is InChI=1S/C14H22N2O2.ClH/c1-10(2)9-18-13-6-4-5-12(7-13)8-16-14(17)11(3)15;/h4-7,10-11H,8-9,15H2,1-3H3,(H,16,17);1H/t11-;/m1./s1. The molecular weight excluding hydrogens is 264 g/mol. The Hall–Kier alpha value is -1.26. The molecule has 0 bridgehead atoms. The summed E-state index contributed by atoms with van der Waals surface area (Å²) in [5.74, 6) is 1.17. The molecule has 0 aliphatic heterocycles. The third kappa shape index (κ3) is 7.03. The monoisotopic (exact) mass is 286 g/mol. The summed E-state index contributed by atoms with van der Waals surface area (Å²) < 4.78 is 5.62. The van der Waals surface area contributed by atoms with Crippen LogP contribution in [0.3, 0.4) is 0 Å². The normalized spacial score (nSPS) is 11.6. The van der Waals surface area contributed by atoms with Crippen molar-refractivity contribution in [2.75, 3.05) is 6.61 Å². The van der Waals surface area contributed by atoms with Crippen molar-refractivity contribution in [3.63, 3.8) is 0 Å². The second-order valence-corrected chi connectivity index (χ2v) is 4.86. The molecule has 0 heterocycles. The Kier molecular flexibility index (Phi) is 8.19. The molecule has 0 aliphatic rings. The number of hydrogen-bond acceptors (Lipinski definition) is 3. The van der Waals surface area contributed by atoms with Crippen LogP contribution in [0.5, 0.6) is 5.75 Å². The third-order valence-electron chi connectivity index (χ3n) is 2.36. The van der Waals surface area contributed by atoms with E-state index in [0.29, 0.717) is 19.1 Å². The first kappa shape index (κ1) is 17.7. The number of nitrogens with one attached hydrogen (secondary N) is 1. The maximum absolute atomic E-state index is 11.3. The first-order valence-corrected chi connectivity index (χ1v) is 6.24. The van der Waals surface area contributed by atoms with Crippen LogP contribution < -0.4 is 15.8 Å². The molecule has 1 aromatic rings. The Balaban J connectivity index is 0.00000324. The summed E-state index contributed by atoms with van der Waals surface area (Å²) >= 11 is 0. The van der Waals surface area contributed by atoms with E-state index in [4.69, 9.17) is 10.5 Å². The van der Waals surface area contributed by atoms with Gasteiger partial charge in [-0.15, -0.1) is 12.4 Å². The molecule has 108 valence electrons. The molecule has 5 heteroatoms. The fourth-order valence-electron chi connectivity index (χ4n) is 1.36. The second kappa shape index (κ2) is 8.77. The predicted molar refractivity (Wildman–Crippen MR) is 79.5 cm³/mol. The van der Waals surface area contributed by atoms with Gasteiger partial charge in [0, 0.05) is 6.54 Å². The quantitative estimate of drug-likeness (QED) is 0.842. The minimum atomic E-state index is -0.481. The van der Waals surface area contributed by atoms with Crippen LogP contribution >= 0.6 is 12.4 Å². The molecule has 0 radical (unpaired) electrons. The molecule has 0 spiro atoms. The molecule has 0 aliphatic carbocycles. The molecule has 1 amide bonds. The van der Waals surface area contributed by atoms with Crippen molar-refractivity contribution >= 4 is 18.3 Å². The average Bonchev–Trinajstić information content (AvgIpc) is 2.33. The van der Waals surface area contributed by atoms with Gasteiger partial charge in [-0.3, -0.25) is 4.79 Å². The molecule has 0 saturated carbocycles. The molecule has 0 fully saturated rings. The van der Waals surface area contributed by atoms with Gasteiger partial charge >= 0.3 is 0 Å². The van der Waals surface area contributed by atoms with Gasteiger partial charge in [0.15, 0.2) is 0 Å². The van der Waals surface area contributed by atoms with Crippen LogP contribution in [-0.2, 0) is 11.3 Å². The molecule has 0 saturated heterocycles. The van der Waals surface area contributed by atoms with Crippen molar-refractivity contribution < 1.29 is 9.53 Å². The zero-order valence-electron chi connectivity index (χ0n) is 11.7. The van der Waals surface area contributed by atoms with Crippen LogP contribution in [0.2, 0.25) is 0 Å². The third-order valence-corrected chi connectivity index (χ3v) is 2.36. The molecular formula is C14H23ClN2O2. The fraction of sp³-hybridized carbons (Fsp3) is 0.500. The van der Waals surface area contributed by atoms with Gasteiger partial charge in [-0.1, -0.05) is 26.0 Å². The Labute approximate surface area is 121 Å². The fourth-order valence-corrected chi connectivity index (χ4v) is 1.36. The lowest BCUT2D eigenvalue weighted by molar-refractivity contribution is -0.122. The van der Waals surface area contributed by atoms with E-state index < -0.39 is 6.04 Å². The molecule has 1 aromatic carbocycles. The highest BCUT2D eigenvalue weighted by atomic mass is 35.5. The molecule has 1 rings (SSSR count). The number of nitrogens with two attached hydrogens (primary N) is 1. The highest BCUT2D eigenvalue weighted by molar-refractivity contribution is 5.85. The van der Waals surface area contributed by atoms with E-state index in [1.165, 1.54) is 0 Å². The Morgan fingerprint density at radius 3 is 2.63 bits per heavy atom. The molecule has 19 heavy (non-hydrogen) atoms. The average molecular weight is 287 g/mol. The molecule has 1 atom stereocenters. The number of hydrogen-bond donors (Lipinski definition) is 2. The molecule has 0 aromatic heterocycles. The van der Waals surface area contributed by atoms with Gasteiger partial charge in [0.1, 0.15) is 5.75 Å². The van der Waals surface area contributed by atoms with Crippen LogP contribution in [-0.4, -0.2) is 18.6 Å². The van der Waals surface area contributed by atoms with Gasteiger partial charge < -0.3 is 15.8 Å². The summed E-state index contributed by atoms with van der Waals surface area (Å²) in [6.07, 6.45) is 0. The van der Waals surface area contributed by atoms with Crippen molar-refractivity contribution in [2.45, 2.75) is 33.4 Å². The highest BCUT2D eigenvalue weighted by Gasteiger charge is 2.06. The number of amides is 1. The van der Waals surface area contributed by atoms with Crippen molar-refractivity contribution in [1.29, 1.82) is 0 Å². The summed E-state index contributed by atoms with van der Waals surface area (Å²) in [5.41, 5.74) is 6.48. The molecule has 0 unspecified atom stereocenters. The van der Waals surface area contributed by atoms with E-state index in [1.54, 1.807) is 6.92 Å². The lowest BCUT2D eigenvalue weighted by Crippen LogP contribution is -2.37. The molecule has 4 nitrogen and oxygen atoms in total. The summed E-state index contributed by atoms with van der Waals surface area (Å²) in [4.78, 5) is 11.3. The Bertz CT molecular complexity index is 395. The summed E-state index contributed by atoms with van der Waals surface area (Å²) in [6.45, 7) is 7.03. The van der Waals surface area contributed by atoms with Gasteiger partial charge in [-0.25, -0.2) is 0 Å². The lowest BCUT2D eigenvalue weighted by Gasteiger charge is -2.11. The van der Waals surface area contributed by atoms with E-state index in [9.17, 15) is 4.79 Å². The predicted octanol–water partition coefficient (Wildman–Crippen LogP) is 2.11. The summed E-state index contributed by atoms with van der Waals surface area (Å²) in [7, 11) is 0. The zero-order valence-corrected chi connectivity index (χ0v) is 12.5. The van der Waals surface area contributed by atoms with E-state index in [0.717, 1.165) is 11.3 Å². The van der Waals surface area contributed by atoms with E-state index >= 15 is 0 Å². The van der Waals surface area contributed by atoms with Crippen molar-refractivity contribution in [3.8, 4) is 5.75 Å². The number of carbonyl (C=O) groups excluding carboxylic acids is 1. The van der Waals surface area contributed by atoms with Crippen LogP contribution in [0.1, 0.15) is 26.3 Å². The number of rotatable bonds is 6. The number of benzene rings is 1.